The van der Waals surface area contributed by atoms with E-state index in [0.717, 1.165) is 19.6 Å². The number of amides is 1. The van der Waals surface area contributed by atoms with Crippen LogP contribution in [0.1, 0.15) is 21.7 Å². The third-order valence-electron chi connectivity index (χ3n) is 2.04. The topological polar surface area (TPSA) is 32.3 Å². The predicted molar refractivity (Wildman–Crippen MR) is 51.0 cm³/mol. The van der Waals surface area contributed by atoms with Crippen LogP contribution in [0.3, 0.4) is 0 Å². The molecule has 1 aliphatic rings. The van der Waals surface area contributed by atoms with Crippen molar-refractivity contribution in [2.24, 2.45) is 5.92 Å². The lowest BCUT2D eigenvalue weighted by atomic mass is 10.2. The Kier molecular flexibility index (Phi) is 3.53. The molecule has 1 heterocycles. The van der Waals surface area contributed by atoms with E-state index in [1.807, 2.05) is 4.90 Å². The highest BCUT2D eigenvalue weighted by atomic mass is 16.2. The summed E-state index contributed by atoms with van der Waals surface area (Å²) in [5.74, 6) is 0.871. The first kappa shape index (κ1) is 9.52. The molecule has 72 valence electrons. The molecule has 0 aromatic rings. The summed E-state index contributed by atoms with van der Waals surface area (Å²) in [6.45, 7) is 7.64. The highest BCUT2D eigenvalue weighted by molar-refractivity contribution is 5.78. The Morgan fingerprint density at radius 1 is 1.58 bits per heavy atom. The molecule has 0 aliphatic carbocycles. The highest BCUT2D eigenvalue weighted by Gasteiger charge is 2.18. The van der Waals surface area contributed by atoms with Gasteiger partial charge in [-0.15, -0.1) is 0 Å². The Labute approximate surface area is 75.6 Å². The van der Waals surface area contributed by atoms with Crippen molar-refractivity contribution in [2.45, 2.75) is 20.3 Å². The van der Waals surface area contributed by atoms with Crippen LogP contribution >= 0.6 is 0 Å². The Balaban J connectivity index is 0.00000144. The van der Waals surface area contributed by atoms with E-state index < -0.39 is 0 Å². The van der Waals surface area contributed by atoms with Gasteiger partial charge in [0.1, 0.15) is 0 Å². The fourth-order valence-corrected chi connectivity index (χ4v) is 1.15. The van der Waals surface area contributed by atoms with Crippen molar-refractivity contribution in [1.82, 2.24) is 10.2 Å². The molecule has 1 N–H and O–H groups in total. The number of nitrogens with one attached hydrogen (secondary N) is 1. The number of hydrogen-bond donors (Lipinski definition) is 1. The van der Waals surface area contributed by atoms with Crippen LogP contribution in [0.25, 0.3) is 0 Å². The standard InChI is InChI=1S/C9H18N2O.H2/c1-8(2)6-10-7-9(12)11-4-3-5-11;/h8,10H,3-7H2,1-2H3;1H. The van der Waals surface area contributed by atoms with Gasteiger partial charge in [0.15, 0.2) is 0 Å². The van der Waals surface area contributed by atoms with E-state index in [9.17, 15) is 4.79 Å². The highest BCUT2D eigenvalue weighted by Crippen LogP contribution is 2.04. The Morgan fingerprint density at radius 3 is 2.67 bits per heavy atom. The van der Waals surface area contributed by atoms with Gasteiger partial charge in [-0.1, -0.05) is 13.8 Å². The summed E-state index contributed by atoms with van der Waals surface area (Å²) < 4.78 is 0. The van der Waals surface area contributed by atoms with E-state index in [2.05, 4.69) is 19.2 Å². The zero-order valence-electron chi connectivity index (χ0n) is 7.97. The zero-order valence-corrected chi connectivity index (χ0v) is 7.97. The third kappa shape index (κ3) is 2.81. The molecule has 0 saturated carbocycles. The summed E-state index contributed by atoms with van der Waals surface area (Å²) in [7, 11) is 0. The zero-order chi connectivity index (χ0) is 8.97. The summed E-state index contributed by atoms with van der Waals surface area (Å²) in [5, 5.41) is 3.14. The lowest BCUT2D eigenvalue weighted by Crippen LogP contribution is -2.46. The van der Waals surface area contributed by atoms with Crippen molar-refractivity contribution >= 4 is 5.91 Å². The van der Waals surface area contributed by atoms with Crippen molar-refractivity contribution in [1.29, 1.82) is 0 Å². The molecule has 0 atom stereocenters. The van der Waals surface area contributed by atoms with Crippen LogP contribution in [0, 0.1) is 5.92 Å². The van der Waals surface area contributed by atoms with Crippen LogP contribution in [0.15, 0.2) is 0 Å². The second-order valence-electron chi connectivity index (χ2n) is 3.76. The minimum absolute atomic E-state index is 0. The van der Waals surface area contributed by atoms with Gasteiger partial charge in [0.2, 0.25) is 5.91 Å². The van der Waals surface area contributed by atoms with Crippen LogP contribution < -0.4 is 5.32 Å². The summed E-state index contributed by atoms with van der Waals surface area (Å²) in [6.07, 6.45) is 1.18. The second kappa shape index (κ2) is 4.45. The van der Waals surface area contributed by atoms with E-state index in [1.165, 1.54) is 6.42 Å². The number of nitrogens with zero attached hydrogens (tertiary/aromatic N) is 1. The average Bonchev–Trinajstić information content (AvgIpc) is 1.81. The summed E-state index contributed by atoms with van der Waals surface area (Å²) in [6, 6.07) is 0. The molecule has 0 unspecified atom stereocenters. The van der Waals surface area contributed by atoms with Crippen LogP contribution in [0.5, 0.6) is 0 Å². The van der Waals surface area contributed by atoms with E-state index in [0.29, 0.717) is 12.5 Å². The lowest BCUT2D eigenvalue weighted by molar-refractivity contribution is -0.133. The van der Waals surface area contributed by atoms with Gasteiger partial charge >= 0.3 is 0 Å². The molecule has 0 aromatic heterocycles. The molecule has 1 rings (SSSR count). The number of rotatable bonds is 4. The van der Waals surface area contributed by atoms with E-state index >= 15 is 0 Å². The summed E-state index contributed by atoms with van der Waals surface area (Å²) in [4.78, 5) is 13.2. The first-order chi connectivity index (χ1) is 5.70. The normalized spacial score (nSPS) is 16.4. The van der Waals surface area contributed by atoms with Gasteiger partial charge in [-0.05, 0) is 18.9 Å². The molecule has 0 spiro atoms. The Bertz CT molecular complexity index is 158. The number of hydrogen-bond acceptors (Lipinski definition) is 2. The van der Waals surface area contributed by atoms with Gasteiger partial charge in [-0.3, -0.25) is 4.79 Å². The molecule has 0 radical (unpaired) electrons. The molecule has 1 aliphatic heterocycles. The fraction of sp³-hybridized carbons (Fsp3) is 0.889. The first-order valence-corrected chi connectivity index (χ1v) is 4.68. The maximum Gasteiger partial charge on any atom is 0.236 e. The molecular formula is C9H20N2O. The van der Waals surface area contributed by atoms with Gasteiger partial charge in [-0.2, -0.15) is 0 Å². The fourth-order valence-electron chi connectivity index (χ4n) is 1.15. The molecule has 3 nitrogen and oxygen atoms in total. The van der Waals surface area contributed by atoms with Gasteiger partial charge < -0.3 is 10.2 Å². The van der Waals surface area contributed by atoms with Gasteiger partial charge in [0.05, 0.1) is 6.54 Å². The molecule has 0 aromatic carbocycles. The first-order valence-electron chi connectivity index (χ1n) is 4.68. The van der Waals surface area contributed by atoms with Crippen LogP contribution in [-0.4, -0.2) is 37.0 Å². The van der Waals surface area contributed by atoms with Crippen molar-refractivity contribution in [2.75, 3.05) is 26.2 Å². The van der Waals surface area contributed by atoms with Crippen molar-refractivity contribution in [3.63, 3.8) is 0 Å². The molecule has 12 heavy (non-hydrogen) atoms. The maximum atomic E-state index is 11.3. The Hall–Kier alpha value is -0.570. The van der Waals surface area contributed by atoms with E-state index in [4.69, 9.17) is 0 Å². The smallest absolute Gasteiger partial charge is 0.236 e. The quantitative estimate of drug-likeness (QED) is 0.677. The number of carbonyl (C=O) groups excluding carboxylic acids is 1. The largest absolute Gasteiger partial charge is 0.341 e. The van der Waals surface area contributed by atoms with Crippen LogP contribution in [0.2, 0.25) is 0 Å². The molecule has 0 bridgehead atoms. The van der Waals surface area contributed by atoms with Gasteiger partial charge in [0.25, 0.3) is 0 Å². The molecular weight excluding hydrogens is 152 g/mol. The van der Waals surface area contributed by atoms with Crippen LogP contribution in [-0.2, 0) is 4.79 Å². The van der Waals surface area contributed by atoms with Crippen molar-refractivity contribution in [3.05, 3.63) is 0 Å². The van der Waals surface area contributed by atoms with E-state index in [-0.39, 0.29) is 7.33 Å². The second-order valence-corrected chi connectivity index (χ2v) is 3.76. The monoisotopic (exact) mass is 172 g/mol. The maximum absolute atomic E-state index is 11.3. The number of likely N-dealkylation sites (tertiary alicyclic amines) is 1. The van der Waals surface area contributed by atoms with Gasteiger partial charge in [-0.25, -0.2) is 0 Å². The minimum atomic E-state index is 0. The summed E-state index contributed by atoms with van der Waals surface area (Å²) in [5.41, 5.74) is 0. The lowest BCUT2D eigenvalue weighted by Gasteiger charge is -2.31. The van der Waals surface area contributed by atoms with Gasteiger partial charge in [0, 0.05) is 14.5 Å². The Morgan fingerprint density at radius 2 is 2.25 bits per heavy atom. The summed E-state index contributed by atoms with van der Waals surface area (Å²) >= 11 is 0. The van der Waals surface area contributed by atoms with Crippen molar-refractivity contribution < 1.29 is 6.22 Å². The molecule has 1 amide bonds. The van der Waals surface area contributed by atoms with Crippen molar-refractivity contribution in [3.8, 4) is 0 Å². The average molecular weight is 172 g/mol. The SMILES string of the molecule is CC(C)CNCC(=O)N1CCC1.[HH]. The van der Waals surface area contributed by atoms with Crippen LogP contribution in [0.4, 0.5) is 0 Å². The van der Waals surface area contributed by atoms with E-state index in [1.54, 1.807) is 0 Å². The molecule has 1 saturated heterocycles. The molecule has 3 heteroatoms. The molecule has 1 fully saturated rings. The third-order valence-corrected chi connectivity index (χ3v) is 2.04. The predicted octanol–water partition coefficient (Wildman–Crippen LogP) is 0.710. The minimum Gasteiger partial charge on any atom is -0.341 e. The number of carbonyl (C=O) groups is 1.